The molecule has 0 saturated carbocycles. The molecule has 0 aliphatic rings. The van der Waals surface area contributed by atoms with E-state index in [0.717, 1.165) is 10.8 Å². The van der Waals surface area contributed by atoms with Gasteiger partial charge in [-0.25, -0.2) is 9.59 Å². The largest absolute Gasteiger partial charge is 0.497 e. The number of hydrogen-bond donors (Lipinski definition) is 5. The number of nitrogen functional groups attached to an aromatic ring is 1. The molecule has 0 saturated heterocycles. The van der Waals surface area contributed by atoms with Crippen molar-refractivity contribution in [1.29, 1.82) is 5.41 Å². The van der Waals surface area contributed by atoms with E-state index in [2.05, 4.69) is 10.6 Å². The van der Waals surface area contributed by atoms with Crippen molar-refractivity contribution >= 4 is 40.0 Å². The summed E-state index contributed by atoms with van der Waals surface area (Å²) in [6.45, 7) is 0. The molecule has 0 aliphatic carbocycles. The fourth-order valence-corrected chi connectivity index (χ4v) is 4.39. The van der Waals surface area contributed by atoms with Crippen LogP contribution in [0.15, 0.2) is 103 Å². The van der Waals surface area contributed by atoms with Crippen molar-refractivity contribution in [3.05, 3.63) is 114 Å². The number of benzene rings is 5. The maximum Gasteiger partial charge on any atom is 0.336 e. The van der Waals surface area contributed by atoms with Gasteiger partial charge >= 0.3 is 12.0 Å². The van der Waals surface area contributed by atoms with Gasteiger partial charge in [0.1, 0.15) is 23.1 Å². The van der Waals surface area contributed by atoms with Crippen LogP contribution in [0.2, 0.25) is 0 Å². The van der Waals surface area contributed by atoms with Crippen LogP contribution < -0.4 is 25.8 Å². The van der Waals surface area contributed by atoms with E-state index in [1.54, 1.807) is 79.9 Å². The zero-order valence-corrected chi connectivity index (χ0v) is 22.0. The van der Waals surface area contributed by atoms with Gasteiger partial charge in [0.05, 0.1) is 12.7 Å². The predicted octanol–water partition coefficient (Wildman–Crippen LogP) is 6.93. The highest BCUT2D eigenvalue weighted by Crippen LogP contribution is 2.38. The van der Waals surface area contributed by atoms with Crippen LogP contribution in [0.25, 0.3) is 21.9 Å². The Hall–Kier alpha value is -5.83. The average molecular weight is 547 g/mol. The number of hydrogen-bond acceptors (Lipinski definition) is 5. The number of carbonyl (C=O) groups is 2. The first-order valence-electron chi connectivity index (χ1n) is 12.6. The van der Waals surface area contributed by atoms with E-state index in [0.29, 0.717) is 45.3 Å². The summed E-state index contributed by atoms with van der Waals surface area (Å²) < 4.78 is 11.5. The maximum absolute atomic E-state index is 12.8. The zero-order valence-electron chi connectivity index (χ0n) is 22.0. The smallest absolute Gasteiger partial charge is 0.336 e. The van der Waals surface area contributed by atoms with Gasteiger partial charge in [0.2, 0.25) is 0 Å². The van der Waals surface area contributed by atoms with Gasteiger partial charge in [0, 0.05) is 28.6 Å². The molecule has 0 aliphatic heterocycles. The van der Waals surface area contributed by atoms with Crippen LogP contribution in [0.1, 0.15) is 15.9 Å². The number of carboxylic acid groups (broad SMARTS) is 1. The fourth-order valence-electron chi connectivity index (χ4n) is 4.39. The number of anilines is 2. The van der Waals surface area contributed by atoms with Crippen LogP contribution in [0, 0.1) is 5.41 Å². The van der Waals surface area contributed by atoms with E-state index >= 15 is 0 Å². The van der Waals surface area contributed by atoms with Gasteiger partial charge in [-0.2, -0.15) is 0 Å². The number of methoxy groups -OCH3 is 1. The summed E-state index contributed by atoms with van der Waals surface area (Å²) in [5.74, 6) is 0.424. The summed E-state index contributed by atoms with van der Waals surface area (Å²) >= 11 is 0. The Kier molecular flexibility index (Phi) is 7.51. The molecule has 0 spiro atoms. The third kappa shape index (κ3) is 6.10. The number of rotatable bonds is 8. The maximum atomic E-state index is 12.8. The summed E-state index contributed by atoms with van der Waals surface area (Å²) in [4.78, 5) is 24.8. The molecular weight excluding hydrogens is 520 g/mol. The standard InChI is InChI=1S/C32H26N4O5/c1-40-24-6-4-5-22(17-24)35-32(39)36-23-12-14-29(28(18-23)26-7-2-3-8-27(26)31(37)38)41-25-13-11-19-15-21(30(33)34)10-9-20(19)16-25/h2-18H,1H3,(H3,33,34)(H,37,38)(H2,35,36,39). The number of carboxylic acids is 1. The monoisotopic (exact) mass is 546 g/mol. The Labute approximate surface area is 235 Å². The second kappa shape index (κ2) is 11.5. The quantitative estimate of drug-likeness (QED) is 0.105. The molecule has 0 heterocycles. The highest BCUT2D eigenvalue weighted by molar-refractivity contribution is 6.02. The molecule has 9 heteroatoms. The van der Waals surface area contributed by atoms with Crippen LogP contribution in [0.3, 0.4) is 0 Å². The number of carbonyl (C=O) groups excluding carboxylic acids is 1. The third-order valence-corrected chi connectivity index (χ3v) is 6.36. The first-order chi connectivity index (χ1) is 19.8. The molecule has 6 N–H and O–H groups in total. The van der Waals surface area contributed by atoms with Crippen LogP contribution >= 0.6 is 0 Å². The van der Waals surface area contributed by atoms with Crippen molar-refractivity contribution in [3.8, 4) is 28.4 Å². The van der Waals surface area contributed by atoms with E-state index in [1.165, 1.54) is 6.07 Å². The summed E-state index contributed by atoms with van der Waals surface area (Å²) in [7, 11) is 1.54. The van der Waals surface area contributed by atoms with E-state index < -0.39 is 12.0 Å². The van der Waals surface area contributed by atoms with Crippen LogP contribution in [-0.2, 0) is 0 Å². The van der Waals surface area contributed by atoms with E-state index in [4.69, 9.17) is 20.6 Å². The second-order valence-electron chi connectivity index (χ2n) is 9.11. The summed E-state index contributed by atoms with van der Waals surface area (Å²) in [6.07, 6.45) is 0. The minimum Gasteiger partial charge on any atom is -0.497 e. The van der Waals surface area contributed by atoms with Crippen LogP contribution in [0.4, 0.5) is 16.2 Å². The lowest BCUT2D eigenvalue weighted by atomic mass is 9.98. The first kappa shape index (κ1) is 26.8. The topological polar surface area (TPSA) is 147 Å². The molecule has 5 aromatic rings. The third-order valence-electron chi connectivity index (χ3n) is 6.36. The van der Waals surface area contributed by atoms with E-state index in [-0.39, 0.29) is 11.4 Å². The predicted molar refractivity (Wildman–Crippen MR) is 160 cm³/mol. The Balaban J connectivity index is 1.48. The molecule has 5 rings (SSSR count). The molecule has 41 heavy (non-hydrogen) atoms. The van der Waals surface area contributed by atoms with Crippen molar-refractivity contribution in [2.75, 3.05) is 17.7 Å². The lowest BCUT2D eigenvalue weighted by Gasteiger charge is -2.16. The van der Waals surface area contributed by atoms with Gasteiger partial charge in [-0.05, 0) is 70.9 Å². The van der Waals surface area contributed by atoms with Gasteiger partial charge in [-0.3, -0.25) is 5.41 Å². The van der Waals surface area contributed by atoms with Crippen molar-refractivity contribution < 1.29 is 24.2 Å². The number of nitrogens with one attached hydrogen (secondary N) is 3. The molecule has 0 aromatic heterocycles. The summed E-state index contributed by atoms with van der Waals surface area (Å²) in [5, 5.41) is 24.8. The highest BCUT2D eigenvalue weighted by Gasteiger charge is 2.17. The molecule has 0 fully saturated rings. The molecule has 0 atom stereocenters. The van der Waals surface area contributed by atoms with Crippen molar-refractivity contribution in [3.63, 3.8) is 0 Å². The Bertz CT molecular complexity index is 1800. The second-order valence-corrected chi connectivity index (χ2v) is 9.11. The van der Waals surface area contributed by atoms with Crippen molar-refractivity contribution in [2.45, 2.75) is 0 Å². The van der Waals surface area contributed by atoms with Gasteiger partial charge in [0.25, 0.3) is 0 Å². The SMILES string of the molecule is COc1cccc(NC(=O)Nc2ccc(Oc3ccc4cc(C(=N)N)ccc4c3)c(-c3ccccc3C(=O)O)c2)c1. The molecule has 0 bridgehead atoms. The van der Waals surface area contributed by atoms with Crippen LogP contribution in [-0.4, -0.2) is 30.1 Å². The number of fused-ring (bicyclic) bond motifs is 1. The normalized spacial score (nSPS) is 10.6. The number of amidine groups is 1. The molecular formula is C32H26N4O5. The summed E-state index contributed by atoms with van der Waals surface area (Å²) in [5.41, 5.74) is 8.22. The molecule has 0 unspecified atom stereocenters. The van der Waals surface area contributed by atoms with Gasteiger partial charge < -0.3 is 30.9 Å². The van der Waals surface area contributed by atoms with Crippen molar-refractivity contribution in [2.24, 2.45) is 5.73 Å². The molecule has 5 aromatic carbocycles. The zero-order chi connectivity index (χ0) is 28.9. The average Bonchev–Trinajstić information content (AvgIpc) is 2.97. The van der Waals surface area contributed by atoms with E-state index in [9.17, 15) is 14.7 Å². The van der Waals surface area contributed by atoms with Gasteiger partial charge in [-0.15, -0.1) is 0 Å². The minimum absolute atomic E-state index is 0.0140. The number of aromatic carboxylic acids is 1. The van der Waals surface area contributed by atoms with Crippen LogP contribution in [0.5, 0.6) is 17.2 Å². The first-order valence-corrected chi connectivity index (χ1v) is 12.6. The number of nitrogens with two attached hydrogens (primary N) is 1. The fraction of sp³-hybridized carbons (Fsp3) is 0.0312. The van der Waals surface area contributed by atoms with E-state index in [1.807, 2.05) is 24.3 Å². The molecule has 9 nitrogen and oxygen atoms in total. The number of ether oxygens (including phenoxy) is 2. The summed E-state index contributed by atoms with van der Waals surface area (Å²) in [6, 6.07) is 29.0. The molecule has 2 amide bonds. The minimum atomic E-state index is -1.09. The Morgan fingerprint density at radius 3 is 2.24 bits per heavy atom. The Morgan fingerprint density at radius 1 is 0.756 bits per heavy atom. The van der Waals surface area contributed by atoms with Gasteiger partial charge in [0.15, 0.2) is 0 Å². The molecule has 204 valence electrons. The number of amides is 2. The van der Waals surface area contributed by atoms with Crippen molar-refractivity contribution in [1.82, 2.24) is 0 Å². The van der Waals surface area contributed by atoms with Gasteiger partial charge in [-0.1, -0.05) is 42.5 Å². The molecule has 0 radical (unpaired) electrons. The highest BCUT2D eigenvalue weighted by atomic mass is 16.5. The number of urea groups is 1. The lowest BCUT2D eigenvalue weighted by Crippen LogP contribution is -2.19. The lowest BCUT2D eigenvalue weighted by molar-refractivity contribution is 0.0697. The Morgan fingerprint density at radius 2 is 1.49 bits per heavy atom.